The fourth-order valence-electron chi connectivity index (χ4n) is 2.32. The maximum atomic E-state index is 12.5. The summed E-state index contributed by atoms with van der Waals surface area (Å²) in [5.41, 5.74) is 2.23. The number of hydrogen-bond acceptors (Lipinski definition) is 4. The van der Waals surface area contributed by atoms with E-state index in [2.05, 4.69) is 10.3 Å². The van der Waals surface area contributed by atoms with Crippen molar-refractivity contribution in [3.63, 3.8) is 0 Å². The third kappa shape index (κ3) is 3.32. The lowest BCUT2D eigenvalue weighted by atomic mass is 10.1. The zero-order valence-corrected chi connectivity index (χ0v) is 12.6. The van der Waals surface area contributed by atoms with Gasteiger partial charge in [-0.2, -0.15) is 0 Å². The number of benzene rings is 1. The molecule has 2 aromatic heterocycles. The van der Waals surface area contributed by atoms with Crippen molar-refractivity contribution in [3.8, 4) is 5.69 Å². The van der Waals surface area contributed by atoms with E-state index in [0.29, 0.717) is 11.3 Å². The van der Waals surface area contributed by atoms with Crippen molar-refractivity contribution in [3.05, 3.63) is 72.2 Å². The molecule has 6 heteroatoms. The first-order chi connectivity index (χ1) is 11.1. The lowest BCUT2D eigenvalue weighted by molar-refractivity contribution is 0.0901. The Morgan fingerprint density at radius 1 is 1.43 bits per heavy atom. The SMILES string of the molecule is Cc1ccc(-n2ccnc2)c(C(=O)NCC(O)c2ccco2)c1. The summed E-state index contributed by atoms with van der Waals surface area (Å²) in [5, 5.41) is 12.7. The highest BCUT2D eigenvalue weighted by molar-refractivity contribution is 5.98. The number of nitrogens with one attached hydrogen (secondary N) is 1. The zero-order chi connectivity index (χ0) is 16.2. The molecule has 1 amide bonds. The highest BCUT2D eigenvalue weighted by atomic mass is 16.4. The lowest BCUT2D eigenvalue weighted by Crippen LogP contribution is -2.29. The van der Waals surface area contributed by atoms with Crippen LogP contribution in [0.2, 0.25) is 0 Å². The first kappa shape index (κ1) is 15.1. The van der Waals surface area contributed by atoms with Gasteiger partial charge in [0.15, 0.2) is 0 Å². The number of aromatic nitrogens is 2. The van der Waals surface area contributed by atoms with Gasteiger partial charge in [0.2, 0.25) is 0 Å². The second-order valence-electron chi connectivity index (χ2n) is 5.23. The van der Waals surface area contributed by atoms with Crippen molar-refractivity contribution < 1.29 is 14.3 Å². The maximum Gasteiger partial charge on any atom is 0.253 e. The topological polar surface area (TPSA) is 80.3 Å². The van der Waals surface area contributed by atoms with Crippen LogP contribution in [-0.2, 0) is 0 Å². The summed E-state index contributed by atoms with van der Waals surface area (Å²) in [6, 6.07) is 8.97. The molecule has 0 saturated heterocycles. The van der Waals surface area contributed by atoms with Crippen molar-refractivity contribution >= 4 is 5.91 Å². The fraction of sp³-hybridized carbons (Fsp3) is 0.176. The second-order valence-corrected chi connectivity index (χ2v) is 5.23. The molecule has 6 nitrogen and oxygen atoms in total. The largest absolute Gasteiger partial charge is 0.467 e. The Morgan fingerprint density at radius 3 is 3.00 bits per heavy atom. The van der Waals surface area contributed by atoms with Crippen LogP contribution in [0.5, 0.6) is 0 Å². The first-order valence-electron chi connectivity index (χ1n) is 7.24. The van der Waals surface area contributed by atoms with Crippen LogP contribution in [0.3, 0.4) is 0 Å². The molecular weight excluding hydrogens is 294 g/mol. The van der Waals surface area contributed by atoms with Crippen LogP contribution in [0.25, 0.3) is 5.69 Å². The van der Waals surface area contributed by atoms with Crippen LogP contribution in [0, 0.1) is 6.92 Å². The number of hydrogen-bond donors (Lipinski definition) is 2. The van der Waals surface area contributed by atoms with Crippen molar-refractivity contribution in [2.24, 2.45) is 0 Å². The van der Waals surface area contributed by atoms with Crippen LogP contribution >= 0.6 is 0 Å². The number of rotatable bonds is 5. The van der Waals surface area contributed by atoms with Crippen LogP contribution in [-0.4, -0.2) is 27.1 Å². The average molecular weight is 311 g/mol. The van der Waals surface area contributed by atoms with Crippen molar-refractivity contribution in [1.82, 2.24) is 14.9 Å². The van der Waals surface area contributed by atoms with E-state index in [4.69, 9.17) is 4.42 Å². The number of carbonyl (C=O) groups excluding carboxylic acids is 1. The molecule has 0 aliphatic rings. The van der Waals surface area contributed by atoms with E-state index < -0.39 is 6.10 Å². The molecule has 2 heterocycles. The minimum atomic E-state index is -0.879. The summed E-state index contributed by atoms with van der Waals surface area (Å²) in [6.45, 7) is 2.00. The molecule has 23 heavy (non-hydrogen) atoms. The molecule has 118 valence electrons. The summed E-state index contributed by atoms with van der Waals surface area (Å²) in [6.07, 6.45) is 5.67. The molecule has 0 fully saturated rings. The van der Waals surface area contributed by atoms with Gasteiger partial charge in [-0.1, -0.05) is 11.6 Å². The third-order valence-electron chi connectivity index (χ3n) is 3.51. The van der Waals surface area contributed by atoms with Gasteiger partial charge in [-0.25, -0.2) is 4.98 Å². The van der Waals surface area contributed by atoms with Gasteiger partial charge >= 0.3 is 0 Å². The monoisotopic (exact) mass is 311 g/mol. The van der Waals surface area contributed by atoms with E-state index in [9.17, 15) is 9.90 Å². The summed E-state index contributed by atoms with van der Waals surface area (Å²) < 4.78 is 6.90. The molecule has 1 atom stereocenters. The number of imidazole rings is 1. The summed E-state index contributed by atoms with van der Waals surface area (Å²) in [5.74, 6) is 0.160. The Bertz CT molecular complexity index is 780. The summed E-state index contributed by atoms with van der Waals surface area (Å²) >= 11 is 0. The minimum absolute atomic E-state index is 0.0731. The van der Waals surface area contributed by atoms with E-state index in [-0.39, 0.29) is 12.5 Å². The fourth-order valence-corrected chi connectivity index (χ4v) is 2.32. The van der Waals surface area contributed by atoms with E-state index in [0.717, 1.165) is 11.3 Å². The van der Waals surface area contributed by atoms with Gasteiger partial charge in [-0.3, -0.25) is 4.79 Å². The second kappa shape index (κ2) is 6.50. The zero-order valence-electron chi connectivity index (χ0n) is 12.6. The normalized spacial score (nSPS) is 12.1. The molecule has 0 radical (unpaired) electrons. The number of aliphatic hydroxyl groups excluding tert-OH is 1. The van der Waals surface area contributed by atoms with Gasteiger partial charge in [0.1, 0.15) is 11.9 Å². The van der Waals surface area contributed by atoms with Crippen LogP contribution in [0.4, 0.5) is 0 Å². The molecular formula is C17H17N3O3. The Kier molecular flexibility index (Phi) is 4.25. The van der Waals surface area contributed by atoms with E-state index in [1.807, 2.05) is 25.1 Å². The number of furan rings is 1. The molecule has 3 rings (SSSR count). The van der Waals surface area contributed by atoms with Gasteiger partial charge in [0, 0.05) is 12.4 Å². The predicted molar refractivity (Wildman–Crippen MR) is 84.3 cm³/mol. The molecule has 0 aliphatic carbocycles. The highest BCUT2D eigenvalue weighted by Gasteiger charge is 2.16. The van der Waals surface area contributed by atoms with E-state index >= 15 is 0 Å². The molecule has 3 aromatic rings. The van der Waals surface area contributed by atoms with Gasteiger partial charge in [-0.05, 0) is 31.2 Å². The molecule has 0 bridgehead atoms. The predicted octanol–water partition coefficient (Wildman–Crippen LogP) is 2.24. The number of aryl methyl sites for hydroxylation is 1. The van der Waals surface area contributed by atoms with Gasteiger partial charge in [-0.15, -0.1) is 0 Å². The number of aliphatic hydroxyl groups is 1. The molecule has 0 aliphatic heterocycles. The first-order valence-corrected chi connectivity index (χ1v) is 7.24. The summed E-state index contributed by atoms with van der Waals surface area (Å²) in [7, 11) is 0. The number of amides is 1. The standard InChI is InChI=1S/C17H17N3O3/c1-12-4-5-14(20-7-6-18-11-20)13(9-12)17(22)19-10-15(21)16-3-2-8-23-16/h2-9,11,15,21H,10H2,1H3,(H,19,22). The molecule has 1 unspecified atom stereocenters. The average Bonchev–Trinajstić information content (AvgIpc) is 3.25. The van der Waals surface area contributed by atoms with Crippen molar-refractivity contribution in [2.45, 2.75) is 13.0 Å². The molecule has 0 spiro atoms. The van der Waals surface area contributed by atoms with Gasteiger partial charge in [0.05, 0.1) is 30.4 Å². The van der Waals surface area contributed by atoms with E-state index in [1.165, 1.54) is 6.26 Å². The van der Waals surface area contributed by atoms with Crippen LogP contribution < -0.4 is 5.32 Å². The molecule has 1 aromatic carbocycles. The minimum Gasteiger partial charge on any atom is -0.467 e. The summed E-state index contributed by atoms with van der Waals surface area (Å²) in [4.78, 5) is 16.5. The molecule has 2 N–H and O–H groups in total. The quantitative estimate of drug-likeness (QED) is 0.757. The maximum absolute atomic E-state index is 12.5. The lowest BCUT2D eigenvalue weighted by Gasteiger charge is -2.13. The van der Waals surface area contributed by atoms with Gasteiger partial charge in [0.25, 0.3) is 5.91 Å². The van der Waals surface area contributed by atoms with E-state index in [1.54, 1.807) is 35.4 Å². The Labute approximate surface area is 133 Å². The van der Waals surface area contributed by atoms with Crippen LogP contribution in [0.1, 0.15) is 27.8 Å². The van der Waals surface area contributed by atoms with Crippen LogP contribution in [0.15, 0.2) is 59.7 Å². The Hall–Kier alpha value is -2.86. The highest BCUT2D eigenvalue weighted by Crippen LogP contribution is 2.17. The third-order valence-corrected chi connectivity index (χ3v) is 3.51. The van der Waals surface area contributed by atoms with Gasteiger partial charge < -0.3 is 19.4 Å². The number of nitrogens with zero attached hydrogens (tertiary/aromatic N) is 2. The number of carbonyl (C=O) groups is 1. The smallest absolute Gasteiger partial charge is 0.253 e. The van der Waals surface area contributed by atoms with Crippen molar-refractivity contribution in [1.29, 1.82) is 0 Å². The Morgan fingerprint density at radius 2 is 2.30 bits per heavy atom. The van der Waals surface area contributed by atoms with Crippen molar-refractivity contribution in [2.75, 3.05) is 6.54 Å². The Balaban J connectivity index is 1.78. The molecule has 0 saturated carbocycles.